The van der Waals surface area contributed by atoms with Crippen LogP contribution in [0.5, 0.6) is 0 Å². The molecule has 1 aromatic rings. The van der Waals surface area contributed by atoms with Crippen LogP contribution in [0.3, 0.4) is 0 Å². The van der Waals surface area contributed by atoms with Crippen molar-refractivity contribution in [1.82, 2.24) is 20.3 Å². The first-order chi connectivity index (χ1) is 16.1. The summed E-state index contributed by atoms with van der Waals surface area (Å²) in [4.78, 5) is 38.0. The minimum Gasteiger partial charge on any atom is -0.337 e. The SMILES string of the molecule is CCC1C(=O)N(C(=O)NCCc2cccc(S(=O)(=O)NC(=O)NC3CCC(C)CC3)c2)C=C1C. The molecule has 1 atom stereocenters. The van der Waals surface area contributed by atoms with Crippen molar-refractivity contribution in [3.05, 3.63) is 41.6 Å². The normalized spacial score (nSPS) is 22.8. The number of rotatable bonds is 7. The number of nitrogens with one attached hydrogen (secondary N) is 3. The summed E-state index contributed by atoms with van der Waals surface area (Å²) in [5, 5.41) is 5.45. The predicted octanol–water partition coefficient (Wildman–Crippen LogP) is 3.28. The van der Waals surface area contributed by atoms with Gasteiger partial charge in [-0.25, -0.2) is 27.6 Å². The Morgan fingerprint density at radius 3 is 2.50 bits per heavy atom. The Labute approximate surface area is 201 Å². The highest BCUT2D eigenvalue weighted by molar-refractivity contribution is 7.90. The topological polar surface area (TPSA) is 125 Å². The van der Waals surface area contributed by atoms with Crippen molar-refractivity contribution < 1.29 is 22.8 Å². The highest BCUT2D eigenvalue weighted by atomic mass is 32.2. The molecule has 1 aliphatic carbocycles. The molecule has 1 fully saturated rings. The summed E-state index contributed by atoms with van der Waals surface area (Å²) >= 11 is 0. The number of sulfonamides is 1. The van der Waals surface area contributed by atoms with E-state index in [1.54, 1.807) is 18.3 Å². The van der Waals surface area contributed by atoms with E-state index in [0.29, 0.717) is 24.3 Å². The van der Waals surface area contributed by atoms with E-state index in [4.69, 9.17) is 0 Å². The van der Waals surface area contributed by atoms with E-state index >= 15 is 0 Å². The molecule has 0 bridgehead atoms. The molecule has 1 heterocycles. The minimum atomic E-state index is -4.03. The molecule has 186 valence electrons. The Morgan fingerprint density at radius 1 is 1.15 bits per heavy atom. The highest BCUT2D eigenvalue weighted by Gasteiger charge is 2.33. The van der Waals surface area contributed by atoms with Gasteiger partial charge in [0.2, 0.25) is 5.91 Å². The molecule has 3 N–H and O–H groups in total. The molecule has 1 aliphatic heterocycles. The molecular formula is C24H34N4O5S. The van der Waals surface area contributed by atoms with Crippen LogP contribution < -0.4 is 15.4 Å². The predicted molar refractivity (Wildman–Crippen MR) is 128 cm³/mol. The van der Waals surface area contributed by atoms with Gasteiger partial charge in [0, 0.05) is 18.8 Å². The molecule has 9 nitrogen and oxygen atoms in total. The Balaban J connectivity index is 1.52. The zero-order valence-corrected chi connectivity index (χ0v) is 20.8. The molecule has 1 aromatic carbocycles. The fourth-order valence-electron chi connectivity index (χ4n) is 4.44. The van der Waals surface area contributed by atoms with Crippen molar-refractivity contribution in [1.29, 1.82) is 0 Å². The van der Waals surface area contributed by atoms with Crippen molar-refractivity contribution in [3.63, 3.8) is 0 Å². The van der Waals surface area contributed by atoms with Gasteiger partial charge in [-0.05, 0) is 74.6 Å². The molecular weight excluding hydrogens is 456 g/mol. The number of hydrogen-bond donors (Lipinski definition) is 3. The number of nitrogens with zero attached hydrogens (tertiary/aromatic N) is 1. The lowest BCUT2D eigenvalue weighted by atomic mass is 9.87. The molecule has 1 unspecified atom stereocenters. The van der Waals surface area contributed by atoms with Gasteiger partial charge in [-0.2, -0.15) is 0 Å². The summed E-state index contributed by atoms with van der Waals surface area (Å²) in [7, 11) is -4.03. The van der Waals surface area contributed by atoms with Crippen molar-refractivity contribution in [3.8, 4) is 0 Å². The second-order valence-corrected chi connectivity index (χ2v) is 10.9. The number of benzene rings is 1. The average molecular weight is 491 g/mol. The van der Waals surface area contributed by atoms with Gasteiger partial charge in [0.05, 0.1) is 10.8 Å². The second kappa shape index (κ2) is 11.0. The quantitative estimate of drug-likeness (QED) is 0.541. The van der Waals surface area contributed by atoms with E-state index in [9.17, 15) is 22.8 Å². The van der Waals surface area contributed by atoms with E-state index in [2.05, 4.69) is 22.3 Å². The number of amides is 5. The third-order valence-electron chi connectivity index (χ3n) is 6.52. The first-order valence-corrected chi connectivity index (χ1v) is 13.3. The zero-order chi connectivity index (χ0) is 24.9. The maximum Gasteiger partial charge on any atom is 0.328 e. The van der Waals surface area contributed by atoms with Gasteiger partial charge in [-0.3, -0.25) is 4.79 Å². The van der Waals surface area contributed by atoms with Crippen LogP contribution >= 0.6 is 0 Å². The number of carbonyl (C=O) groups is 3. The van der Waals surface area contributed by atoms with Gasteiger partial charge in [0.15, 0.2) is 0 Å². The summed E-state index contributed by atoms with van der Waals surface area (Å²) in [5.41, 5.74) is 1.53. The first kappa shape index (κ1) is 25.7. The van der Waals surface area contributed by atoms with Crippen LogP contribution in [0.15, 0.2) is 40.9 Å². The van der Waals surface area contributed by atoms with Crippen LogP contribution in [0.1, 0.15) is 58.4 Å². The van der Waals surface area contributed by atoms with Gasteiger partial charge in [-0.15, -0.1) is 0 Å². The van der Waals surface area contributed by atoms with Crippen LogP contribution in [0.4, 0.5) is 9.59 Å². The smallest absolute Gasteiger partial charge is 0.328 e. The first-order valence-electron chi connectivity index (χ1n) is 11.8. The summed E-state index contributed by atoms with van der Waals surface area (Å²) < 4.78 is 27.4. The fourth-order valence-corrected chi connectivity index (χ4v) is 5.43. The third-order valence-corrected chi connectivity index (χ3v) is 7.85. The molecule has 34 heavy (non-hydrogen) atoms. The summed E-state index contributed by atoms with van der Waals surface area (Å²) in [6, 6.07) is 4.99. The standard InChI is InChI=1S/C24H34N4O5S/c1-4-21-17(3)15-28(22(21)29)24(31)25-13-12-18-6-5-7-20(14-18)34(32,33)27-23(30)26-19-10-8-16(2)9-11-19/h5-7,14-16,19,21H,4,8-13H2,1-3H3,(H,25,31)(H2,26,27,30). The lowest BCUT2D eigenvalue weighted by Gasteiger charge is -2.26. The minimum absolute atomic E-state index is 0.0185. The highest BCUT2D eigenvalue weighted by Crippen LogP contribution is 2.25. The third kappa shape index (κ3) is 6.37. The molecule has 5 amide bonds. The van der Waals surface area contributed by atoms with E-state index in [1.165, 1.54) is 12.1 Å². The van der Waals surface area contributed by atoms with Crippen molar-refractivity contribution >= 4 is 28.0 Å². The maximum atomic E-state index is 12.7. The largest absolute Gasteiger partial charge is 0.337 e. The van der Waals surface area contributed by atoms with E-state index < -0.39 is 22.1 Å². The van der Waals surface area contributed by atoms with E-state index in [1.807, 2.05) is 13.8 Å². The lowest BCUT2D eigenvalue weighted by molar-refractivity contribution is -0.127. The Morgan fingerprint density at radius 2 is 1.85 bits per heavy atom. The fraction of sp³-hybridized carbons (Fsp3) is 0.542. The van der Waals surface area contributed by atoms with Gasteiger partial charge < -0.3 is 10.6 Å². The second-order valence-electron chi connectivity index (χ2n) is 9.21. The number of urea groups is 2. The number of hydrogen-bond acceptors (Lipinski definition) is 5. The van der Waals surface area contributed by atoms with E-state index in [-0.39, 0.29) is 29.3 Å². The van der Waals surface area contributed by atoms with E-state index in [0.717, 1.165) is 36.2 Å². The number of imide groups is 1. The molecule has 0 saturated heterocycles. The van der Waals surface area contributed by atoms with Crippen LogP contribution in [-0.2, 0) is 21.2 Å². The average Bonchev–Trinajstić information content (AvgIpc) is 3.08. The van der Waals surface area contributed by atoms with Crippen LogP contribution in [0, 0.1) is 11.8 Å². The zero-order valence-electron chi connectivity index (χ0n) is 20.0. The van der Waals surface area contributed by atoms with Gasteiger partial charge in [-0.1, -0.05) is 26.0 Å². The summed E-state index contributed by atoms with van der Waals surface area (Å²) in [6.45, 7) is 6.13. The Hall–Kier alpha value is -2.88. The van der Waals surface area contributed by atoms with Crippen LogP contribution in [0.2, 0.25) is 0 Å². The molecule has 0 aromatic heterocycles. The summed E-state index contributed by atoms with van der Waals surface area (Å²) in [5.74, 6) is 0.124. The molecule has 1 saturated carbocycles. The Kier molecular flexibility index (Phi) is 8.35. The maximum absolute atomic E-state index is 12.7. The van der Waals surface area contributed by atoms with Crippen molar-refractivity contribution in [2.45, 2.75) is 70.2 Å². The molecule has 0 radical (unpaired) electrons. The molecule has 2 aliphatic rings. The van der Waals surface area contributed by atoms with Gasteiger partial charge in [0.1, 0.15) is 0 Å². The lowest BCUT2D eigenvalue weighted by Crippen LogP contribution is -2.45. The Bertz CT molecular complexity index is 1060. The molecule has 3 rings (SSSR count). The molecule has 0 spiro atoms. The number of carbonyl (C=O) groups excluding carboxylic acids is 3. The van der Waals surface area contributed by atoms with Crippen molar-refractivity contribution in [2.75, 3.05) is 6.54 Å². The van der Waals surface area contributed by atoms with Gasteiger partial charge in [0.25, 0.3) is 10.0 Å². The van der Waals surface area contributed by atoms with Gasteiger partial charge >= 0.3 is 12.1 Å². The van der Waals surface area contributed by atoms with Crippen LogP contribution in [-0.4, -0.2) is 43.9 Å². The van der Waals surface area contributed by atoms with Crippen molar-refractivity contribution in [2.24, 2.45) is 11.8 Å². The summed E-state index contributed by atoms with van der Waals surface area (Å²) in [6.07, 6.45) is 6.26. The molecule has 10 heteroatoms. The van der Waals surface area contributed by atoms with Crippen LogP contribution in [0.25, 0.3) is 0 Å². The monoisotopic (exact) mass is 490 g/mol.